The molecule has 2 aromatic carbocycles. The number of carbonyl (C=O) groups excluding carboxylic acids is 1. The van der Waals surface area contributed by atoms with E-state index in [-0.39, 0.29) is 11.9 Å². The first-order valence-corrected chi connectivity index (χ1v) is 11.2. The molecule has 2 fully saturated rings. The van der Waals surface area contributed by atoms with Crippen LogP contribution in [0.2, 0.25) is 15.1 Å². The summed E-state index contributed by atoms with van der Waals surface area (Å²) in [4.78, 5) is 19.2. The van der Waals surface area contributed by atoms with Gasteiger partial charge < -0.3 is 10.0 Å². The molecular weight excluding hydrogens is 445 g/mol. The molecule has 2 saturated heterocycles. The van der Waals surface area contributed by atoms with Gasteiger partial charge in [0, 0.05) is 56.4 Å². The second kappa shape index (κ2) is 9.43. The van der Waals surface area contributed by atoms with Crippen LogP contribution in [0.1, 0.15) is 15.9 Å². The fraction of sp³-hybridized carbons (Fsp3) is 0.409. The number of likely N-dealkylation sites (tertiary alicyclic amines) is 1. The van der Waals surface area contributed by atoms with Crippen LogP contribution in [0, 0.1) is 0 Å². The Labute approximate surface area is 191 Å². The third-order valence-corrected chi connectivity index (χ3v) is 6.89. The highest BCUT2D eigenvalue weighted by molar-refractivity contribution is 6.42. The molecule has 2 aliphatic heterocycles. The van der Waals surface area contributed by atoms with Gasteiger partial charge in [-0.2, -0.15) is 0 Å². The smallest absolute Gasteiger partial charge is 0.253 e. The van der Waals surface area contributed by atoms with E-state index in [2.05, 4.69) is 9.80 Å². The lowest BCUT2D eigenvalue weighted by atomic mass is 10.1. The summed E-state index contributed by atoms with van der Waals surface area (Å²) in [5.74, 6) is -0.0635. The van der Waals surface area contributed by atoms with Crippen LogP contribution in [0.5, 0.6) is 0 Å². The molecule has 0 aliphatic carbocycles. The highest BCUT2D eigenvalue weighted by atomic mass is 35.5. The minimum Gasteiger partial charge on any atom is -0.390 e. The predicted molar refractivity (Wildman–Crippen MR) is 120 cm³/mol. The Bertz CT molecular complexity index is 901. The van der Waals surface area contributed by atoms with E-state index in [1.54, 1.807) is 29.2 Å². The number of benzene rings is 2. The van der Waals surface area contributed by atoms with Crippen LogP contribution in [-0.2, 0) is 6.54 Å². The van der Waals surface area contributed by atoms with E-state index in [0.717, 1.165) is 38.3 Å². The van der Waals surface area contributed by atoms with Crippen molar-refractivity contribution in [2.75, 3.05) is 39.3 Å². The first-order valence-electron chi connectivity index (χ1n) is 10.0. The van der Waals surface area contributed by atoms with Crippen molar-refractivity contribution in [3.8, 4) is 0 Å². The zero-order chi connectivity index (χ0) is 21.3. The van der Waals surface area contributed by atoms with Crippen LogP contribution in [0.3, 0.4) is 0 Å². The summed E-state index contributed by atoms with van der Waals surface area (Å²) in [6.07, 6.45) is -0.539. The van der Waals surface area contributed by atoms with E-state index in [0.29, 0.717) is 33.7 Å². The number of carbonyl (C=O) groups is 1. The fourth-order valence-electron chi connectivity index (χ4n) is 4.22. The highest BCUT2D eigenvalue weighted by Gasteiger charge is 2.38. The first kappa shape index (κ1) is 21.9. The molecule has 4 rings (SSSR count). The van der Waals surface area contributed by atoms with Gasteiger partial charge in [-0.1, -0.05) is 40.9 Å². The highest BCUT2D eigenvalue weighted by Crippen LogP contribution is 2.25. The zero-order valence-electron chi connectivity index (χ0n) is 16.5. The minimum atomic E-state index is -0.539. The number of amides is 1. The molecule has 2 atom stereocenters. The minimum absolute atomic E-state index is 0.0339. The summed E-state index contributed by atoms with van der Waals surface area (Å²) in [6.45, 7) is 5.21. The molecule has 0 radical (unpaired) electrons. The lowest BCUT2D eigenvalue weighted by molar-refractivity contribution is 0.0423. The van der Waals surface area contributed by atoms with E-state index in [9.17, 15) is 9.90 Å². The first-order chi connectivity index (χ1) is 14.4. The molecule has 2 aliphatic rings. The molecule has 0 aromatic heterocycles. The standard InChI is InChI=1S/C22H24Cl3N3O2/c23-17-4-2-16(3-5-17)22(30)28-13-20(21(29)14-28)27-9-7-26(8-10-27)12-15-1-6-18(24)19(25)11-15/h1-6,11,20-21,29H,7-10,12-14H2. The molecule has 8 heteroatoms. The Balaban J connectivity index is 1.31. The molecule has 2 heterocycles. The Morgan fingerprint density at radius 3 is 2.30 bits per heavy atom. The molecule has 2 aromatic rings. The fourth-order valence-corrected chi connectivity index (χ4v) is 4.67. The number of hydrogen-bond acceptors (Lipinski definition) is 4. The summed E-state index contributed by atoms with van der Waals surface area (Å²) in [6, 6.07) is 12.6. The van der Waals surface area contributed by atoms with E-state index in [1.807, 2.05) is 18.2 Å². The number of hydrogen-bond donors (Lipinski definition) is 1. The lowest BCUT2D eigenvalue weighted by Gasteiger charge is -2.38. The third-order valence-electron chi connectivity index (χ3n) is 5.90. The number of halogens is 3. The average Bonchev–Trinajstić information content (AvgIpc) is 3.13. The number of piperazine rings is 1. The molecule has 0 saturated carbocycles. The van der Waals surface area contributed by atoms with Gasteiger partial charge in [-0.05, 0) is 42.0 Å². The van der Waals surface area contributed by atoms with E-state index < -0.39 is 6.10 Å². The maximum Gasteiger partial charge on any atom is 0.253 e. The Morgan fingerprint density at radius 1 is 0.933 bits per heavy atom. The van der Waals surface area contributed by atoms with Crippen LogP contribution in [0.15, 0.2) is 42.5 Å². The largest absolute Gasteiger partial charge is 0.390 e. The number of aliphatic hydroxyl groups excluding tert-OH is 1. The predicted octanol–water partition coefficient (Wildman–Crippen LogP) is 3.65. The Hall–Kier alpha value is -1.34. The molecular formula is C22H24Cl3N3O2. The lowest BCUT2D eigenvalue weighted by Crippen LogP contribution is -2.53. The molecule has 1 amide bonds. The number of rotatable bonds is 4. The monoisotopic (exact) mass is 467 g/mol. The maximum atomic E-state index is 12.8. The Kier molecular flexibility index (Phi) is 6.88. The molecule has 1 N–H and O–H groups in total. The third kappa shape index (κ3) is 4.93. The summed E-state index contributed by atoms with van der Waals surface area (Å²) in [5, 5.41) is 12.4. The van der Waals surface area contributed by atoms with Crippen molar-refractivity contribution in [3.63, 3.8) is 0 Å². The van der Waals surface area contributed by atoms with E-state index >= 15 is 0 Å². The van der Waals surface area contributed by atoms with Gasteiger partial charge in [0.25, 0.3) is 5.91 Å². The van der Waals surface area contributed by atoms with Crippen molar-refractivity contribution in [1.82, 2.24) is 14.7 Å². The summed E-state index contributed by atoms with van der Waals surface area (Å²) >= 11 is 18.0. The van der Waals surface area contributed by atoms with Crippen molar-refractivity contribution < 1.29 is 9.90 Å². The molecule has 0 bridgehead atoms. The number of β-amino-alcohol motifs (C(OH)–C–C–N with tert-alkyl or cyclic N) is 1. The molecule has 5 nitrogen and oxygen atoms in total. The van der Waals surface area contributed by atoms with E-state index in [4.69, 9.17) is 34.8 Å². The SMILES string of the molecule is O=C(c1ccc(Cl)cc1)N1CC(O)C(N2CCN(Cc3ccc(Cl)c(Cl)c3)CC2)C1. The van der Waals surface area contributed by atoms with Crippen LogP contribution >= 0.6 is 34.8 Å². The van der Waals surface area contributed by atoms with Crippen LogP contribution in [-0.4, -0.2) is 77.1 Å². The zero-order valence-corrected chi connectivity index (χ0v) is 18.7. The summed E-state index contributed by atoms with van der Waals surface area (Å²) in [5.41, 5.74) is 1.73. The summed E-state index contributed by atoms with van der Waals surface area (Å²) in [7, 11) is 0. The van der Waals surface area contributed by atoms with Crippen molar-refractivity contribution in [2.24, 2.45) is 0 Å². The normalized spacial score (nSPS) is 23.1. The van der Waals surface area contributed by atoms with Gasteiger partial charge in [0.2, 0.25) is 0 Å². The Morgan fingerprint density at radius 2 is 1.63 bits per heavy atom. The van der Waals surface area contributed by atoms with Gasteiger partial charge in [-0.3, -0.25) is 14.6 Å². The van der Waals surface area contributed by atoms with Crippen LogP contribution in [0.25, 0.3) is 0 Å². The molecule has 30 heavy (non-hydrogen) atoms. The van der Waals surface area contributed by atoms with Gasteiger partial charge in [-0.25, -0.2) is 0 Å². The van der Waals surface area contributed by atoms with Crippen molar-refractivity contribution in [3.05, 3.63) is 68.7 Å². The second-order valence-electron chi connectivity index (χ2n) is 7.91. The van der Waals surface area contributed by atoms with Gasteiger partial charge in [0.05, 0.1) is 22.2 Å². The van der Waals surface area contributed by atoms with Crippen molar-refractivity contribution in [1.29, 1.82) is 0 Å². The number of nitrogens with zero attached hydrogens (tertiary/aromatic N) is 3. The molecule has 160 valence electrons. The van der Waals surface area contributed by atoms with Crippen molar-refractivity contribution >= 4 is 40.7 Å². The van der Waals surface area contributed by atoms with Gasteiger partial charge in [0.15, 0.2) is 0 Å². The number of aliphatic hydroxyl groups is 1. The van der Waals surface area contributed by atoms with Gasteiger partial charge in [-0.15, -0.1) is 0 Å². The second-order valence-corrected chi connectivity index (χ2v) is 9.16. The van der Waals surface area contributed by atoms with Gasteiger partial charge in [0.1, 0.15) is 0 Å². The summed E-state index contributed by atoms with van der Waals surface area (Å²) < 4.78 is 0. The quantitative estimate of drug-likeness (QED) is 0.744. The van der Waals surface area contributed by atoms with Crippen LogP contribution < -0.4 is 0 Å². The van der Waals surface area contributed by atoms with Gasteiger partial charge >= 0.3 is 0 Å². The molecule has 2 unspecified atom stereocenters. The maximum absolute atomic E-state index is 12.8. The molecule has 0 spiro atoms. The van der Waals surface area contributed by atoms with E-state index in [1.165, 1.54) is 0 Å². The topological polar surface area (TPSA) is 47.0 Å². The average molecular weight is 469 g/mol. The van der Waals surface area contributed by atoms with Crippen LogP contribution in [0.4, 0.5) is 0 Å². The van der Waals surface area contributed by atoms with Crippen molar-refractivity contribution in [2.45, 2.75) is 18.7 Å².